The molecule has 138 valence electrons. The molecule has 1 heterocycles. The predicted molar refractivity (Wildman–Crippen MR) is 100 cm³/mol. The van der Waals surface area contributed by atoms with Crippen LogP contribution in [0.5, 0.6) is 5.75 Å². The Morgan fingerprint density at radius 2 is 2.00 bits per heavy atom. The summed E-state index contributed by atoms with van der Waals surface area (Å²) in [6.45, 7) is 5.29. The standard InChI is InChI=1S/C21H25NO4/c1-15(2)26-20-5-3-4-18(12-20)16-6-8-17(9-7-16)21(24)22-10-11-25-14-19(22)13-23/h3-9,12,15,19,23H,10-11,13-14H2,1-2H3/t19-/m0/s1. The van der Waals surface area contributed by atoms with E-state index in [2.05, 4.69) is 0 Å². The van der Waals surface area contributed by atoms with Gasteiger partial charge in [-0.25, -0.2) is 0 Å². The molecule has 5 nitrogen and oxygen atoms in total. The van der Waals surface area contributed by atoms with E-state index in [4.69, 9.17) is 9.47 Å². The number of carbonyl (C=O) groups excluding carboxylic acids is 1. The fraction of sp³-hybridized carbons (Fsp3) is 0.381. The Morgan fingerprint density at radius 1 is 1.23 bits per heavy atom. The number of benzene rings is 2. The van der Waals surface area contributed by atoms with Gasteiger partial charge in [0.05, 0.1) is 32.0 Å². The maximum Gasteiger partial charge on any atom is 0.254 e. The molecule has 1 aliphatic rings. The van der Waals surface area contributed by atoms with Gasteiger partial charge >= 0.3 is 0 Å². The molecule has 0 saturated carbocycles. The van der Waals surface area contributed by atoms with Crippen molar-refractivity contribution in [1.29, 1.82) is 0 Å². The van der Waals surface area contributed by atoms with Crippen LogP contribution in [0, 0.1) is 0 Å². The van der Waals surface area contributed by atoms with Crippen LogP contribution in [0.4, 0.5) is 0 Å². The Labute approximate surface area is 154 Å². The van der Waals surface area contributed by atoms with Crippen LogP contribution >= 0.6 is 0 Å². The van der Waals surface area contributed by atoms with Crippen molar-refractivity contribution in [3.8, 4) is 16.9 Å². The second-order valence-corrected chi connectivity index (χ2v) is 6.68. The first-order chi connectivity index (χ1) is 12.6. The summed E-state index contributed by atoms with van der Waals surface area (Å²) in [7, 11) is 0. The van der Waals surface area contributed by atoms with E-state index in [-0.39, 0.29) is 24.7 Å². The molecule has 1 fully saturated rings. The summed E-state index contributed by atoms with van der Waals surface area (Å²) < 4.78 is 11.1. The molecule has 1 saturated heterocycles. The highest BCUT2D eigenvalue weighted by molar-refractivity contribution is 5.95. The third-order valence-electron chi connectivity index (χ3n) is 4.37. The monoisotopic (exact) mass is 355 g/mol. The third-order valence-corrected chi connectivity index (χ3v) is 4.37. The lowest BCUT2D eigenvalue weighted by Gasteiger charge is -2.34. The van der Waals surface area contributed by atoms with Gasteiger partial charge in [-0.2, -0.15) is 0 Å². The third kappa shape index (κ3) is 4.23. The van der Waals surface area contributed by atoms with Crippen molar-refractivity contribution >= 4 is 5.91 Å². The molecule has 0 aliphatic carbocycles. The fourth-order valence-electron chi connectivity index (χ4n) is 3.07. The van der Waals surface area contributed by atoms with Crippen molar-refractivity contribution in [2.45, 2.75) is 26.0 Å². The van der Waals surface area contributed by atoms with Crippen LogP contribution in [-0.2, 0) is 4.74 Å². The number of aliphatic hydroxyl groups is 1. The van der Waals surface area contributed by atoms with Crippen molar-refractivity contribution < 1.29 is 19.4 Å². The number of aliphatic hydroxyl groups excluding tert-OH is 1. The largest absolute Gasteiger partial charge is 0.491 e. The van der Waals surface area contributed by atoms with E-state index >= 15 is 0 Å². The molecule has 1 atom stereocenters. The maximum absolute atomic E-state index is 12.7. The first-order valence-corrected chi connectivity index (χ1v) is 8.95. The van der Waals surface area contributed by atoms with Crippen molar-refractivity contribution in [3.63, 3.8) is 0 Å². The second-order valence-electron chi connectivity index (χ2n) is 6.68. The Hall–Kier alpha value is -2.37. The van der Waals surface area contributed by atoms with Gasteiger partial charge in [-0.1, -0.05) is 24.3 Å². The molecule has 0 radical (unpaired) electrons. The zero-order valence-electron chi connectivity index (χ0n) is 15.2. The molecule has 2 aromatic rings. The average molecular weight is 355 g/mol. The summed E-state index contributed by atoms with van der Waals surface area (Å²) >= 11 is 0. The van der Waals surface area contributed by atoms with Crippen molar-refractivity contribution in [1.82, 2.24) is 4.90 Å². The van der Waals surface area contributed by atoms with E-state index in [0.717, 1.165) is 16.9 Å². The predicted octanol–water partition coefficient (Wildman–Crippen LogP) is 2.97. The Balaban J connectivity index is 1.77. The Morgan fingerprint density at radius 3 is 2.69 bits per heavy atom. The molecule has 3 rings (SSSR count). The molecule has 1 N–H and O–H groups in total. The molecular weight excluding hydrogens is 330 g/mol. The van der Waals surface area contributed by atoms with Crippen LogP contribution in [0.3, 0.4) is 0 Å². The van der Waals surface area contributed by atoms with Crippen molar-refractivity contribution in [2.24, 2.45) is 0 Å². The number of carbonyl (C=O) groups is 1. The number of hydrogen-bond donors (Lipinski definition) is 1. The van der Waals surface area contributed by atoms with Gasteiger partial charge in [-0.3, -0.25) is 4.79 Å². The normalized spacial score (nSPS) is 17.4. The quantitative estimate of drug-likeness (QED) is 0.896. The van der Waals surface area contributed by atoms with Crippen LogP contribution in [0.25, 0.3) is 11.1 Å². The van der Waals surface area contributed by atoms with Gasteiger partial charge in [0.1, 0.15) is 5.75 Å². The highest BCUT2D eigenvalue weighted by Gasteiger charge is 2.27. The highest BCUT2D eigenvalue weighted by Crippen LogP contribution is 2.25. The summed E-state index contributed by atoms with van der Waals surface area (Å²) in [5, 5.41) is 9.45. The average Bonchev–Trinajstić information content (AvgIpc) is 2.67. The molecular formula is C21H25NO4. The number of nitrogens with zero attached hydrogens (tertiary/aromatic N) is 1. The maximum atomic E-state index is 12.7. The summed E-state index contributed by atoms with van der Waals surface area (Å²) in [4.78, 5) is 14.4. The zero-order valence-corrected chi connectivity index (χ0v) is 15.2. The lowest BCUT2D eigenvalue weighted by atomic mass is 10.0. The van der Waals surface area contributed by atoms with E-state index in [0.29, 0.717) is 25.3 Å². The van der Waals surface area contributed by atoms with E-state index in [1.54, 1.807) is 4.90 Å². The first kappa shape index (κ1) is 18.4. The first-order valence-electron chi connectivity index (χ1n) is 8.95. The zero-order chi connectivity index (χ0) is 18.5. The smallest absolute Gasteiger partial charge is 0.254 e. The molecule has 5 heteroatoms. The molecule has 26 heavy (non-hydrogen) atoms. The SMILES string of the molecule is CC(C)Oc1cccc(-c2ccc(C(=O)N3CCOC[C@@H]3CO)cc2)c1. The number of amides is 1. The lowest BCUT2D eigenvalue weighted by molar-refractivity contribution is -0.0183. The molecule has 1 aliphatic heterocycles. The molecule has 2 aromatic carbocycles. The number of rotatable bonds is 5. The second kappa shape index (κ2) is 8.34. The molecule has 0 aromatic heterocycles. The number of ether oxygens (including phenoxy) is 2. The van der Waals surface area contributed by atoms with E-state index in [1.165, 1.54) is 0 Å². The summed E-state index contributed by atoms with van der Waals surface area (Å²) in [6.07, 6.45) is 0.123. The van der Waals surface area contributed by atoms with Gasteiger partial charge in [0.15, 0.2) is 0 Å². The van der Waals surface area contributed by atoms with Gasteiger partial charge in [-0.05, 0) is 49.2 Å². The lowest BCUT2D eigenvalue weighted by Crippen LogP contribution is -2.50. The highest BCUT2D eigenvalue weighted by atomic mass is 16.5. The van der Waals surface area contributed by atoms with Gasteiger partial charge in [0.25, 0.3) is 5.91 Å². The minimum atomic E-state index is -0.277. The number of hydrogen-bond acceptors (Lipinski definition) is 4. The van der Waals surface area contributed by atoms with Gasteiger partial charge in [0, 0.05) is 12.1 Å². The van der Waals surface area contributed by atoms with Crippen LogP contribution in [0.2, 0.25) is 0 Å². The minimum absolute atomic E-state index is 0.0733. The van der Waals surface area contributed by atoms with E-state index < -0.39 is 0 Å². The van der Waals surface area contributed by atoms with Gasteiger partial charge in [-0.15, -0.1) is 0 Å². The number of morpholine rings is 1. The van der Waals surface area contributed by atoms with Crippen molar-refractivity contribution in [3.05, 3.63) is 54.1 Å². The van der Waals surface area contributed by atoms with Gasteiger partial charge in [0.2, 0.25) is 0 Å². The van der Waals surface area contributed by atoms with Gasteiger partial charge < -0.3 is 19.5 Å². The summed E-state index contributed by atoms with van der Waals surface area (Å²) in [6, 6.07) is 15.2. The van der Waals surface area contributed by atoms with Crippen LogP contribution in [0.1, 0.15) is 24.2 Å². The topological polar surface area (TPSA) is 59.0 Å². The Kier molecular flexibility index (Phi) is 5.91. The Bertz CT molecular complexity index is 742. The van der Waals surface area contributed by atoms with Crippen LogP contribution in [-0.4, -0.2) is 54.4 Å². The molecule has 0 spiro atoms. The minimum Gasteiger partial charge on any atom is -0.491 e. The van der Waals surface area contributed by atoms with Crippen LogP contribution < -0.4 is 4.74 Å². The molecule has 1 amide bonds. The van der Waals surface area contributed by atoms with E-state index in [9.17, 15) is 9.90 Å². The van der Waals surface area contributed by atoms with E-state index in [1.807, 2.05) is 62.4 Å². The molecule has 0 unspecified atom stereocenters. The molecule has 0 bridgehead atoms. The van der Waals surface area contributed by atoms with Crippen LogP contribution in [0.15, 0.2) is 48.5 Å². The summed E-state index contributed by atoms with van der Waals surface area (Å²) in [5.41, 5.74) is 2.68. The van der Waals surface area contributed by atoms with Crippen molar-refractivity contribution in [2.75, 3.05) is 26.4 Å². The summed E-state index contributed by atoms with van der Waals surface area (Å²) in [5.74, 6) is 0.757. The fourth-order valence-corrected chi connectivity index (χ4v) is 3.07.